The van der Waals surface area contributed by atoms with Crippen LogP contribution in [-0.4, -0.2) is 43.3 Å². The van der Waals surface area contributed by atoms with Crippen molar-refractivity contribution in [3.63, 3.8) is 0 Å². The minimum atomic E-state index is -0.292. The Morgan fingerprint density at radius 1 is 1.35 bits per heavy atom. The third-order valence-corrected chi connectivity index (χ3v) is 6.11. The monoisotopic (exact) mass is 431 g/mol. The van der Waals surface area contributed by atoms with Crippen molar-refractivity contribution < 1.29 is 13.9 Å². The molecule has 3 unspecified atom stereocenters. The van der Waals surface area contributed by atoms with Crippen LogP contribution in [0.25, 0.3) is 0 Å². The summed E-state index contributed by atoms with van der Waals surface area (Å²) in [7, 11) is 1.47. The molecule has 2 bridgehead atoms. The predicted molar refractivity (Wildman–Crippen MR) is 96.1 cm³/mol. The van der Waals surface area contributed by atoms with Gasteiger partial charge in [-0.15, -0.1) is 0 Å². The molecule has 0 aliphatic carbocycles. The molecule has 0 aromatic heterocycles. The molecule has 126 valence electrons. The van der Waals surface area contributed by atoms with E-state index in [9.17, 15) is 9.18 Å². The minimum Gasteiger partial charge on any atom is -0.469 e. The number of fused-ring (bicyclic) bond motifs is 2. The third-order valence-electron chi connectivity index (χ3n) is 5.39. The first-order valence-corrected chi connectivity index (χ1v) is 9.38. The molecule has 2 aliphatic heterocycles. The molecule has 3 nitrogen and oxygen atoms in total. The van der Waals surface area contributed by atoms with Gasteiger partial charge in [-0.25, -0.2) is 0 Å². The first-order chi connectivity index (χ1) is 11.2. The lowest BCUT2D eigenvalue weighted by molar-refractivity contribution is -0.150. The van der Waals surface area contributed by atoms with Crippen LogP contribution >= 0.6 is 22.6 Å². The summed E-state index contributed by atoms with van der Waals surface area (Å²) >= 11 is 2.30. The van der Waals surface area contributed by atoms with Crippen LogP contribution in [0.3, 0.4) is 0 Å². The zero-order valence-corrected chi connectivity index (χ0v) is 15.5. The first-order valence-electron chi connectivity index (χ1n) is 8.30. The van der Waals surface area contributed by atoms with Gasteiger partial charge in [0.1, 0.15) is 0 Å². The maximum atomic E-state index is 12.6. The highest BCUT2D eigenvalue weighted by molar-refractivity contribution is 14.1. The van der Waals surface area contributed by atoms with E-state index in [1.54, 1.807) is 0 Å². The normalized spacial score (nSPS) is 30.4. The molecular weight excluding hydrogens is 408 g/mol. The number of methoxy groups -OCH3 is 1. The van der Waals surface area contributed by atoms with E-state index in [-0.39, 0.29) is 30.5 Å². The number of esters is 1. The summed E-state index contributed by atoms with van der Waals surface area (Å²) in [6.45, 7) is 0.456. The second-order valence-electron chi connectivity index (χ2n) is 6.52. The third kappa shape index (κ3) is 3.40. The Kier molecular flexibility index (Phi) is 5.57. The Morgan fingerprint density at radius 2 is 2.09 bits per heavy atom. The van der Waals surface area contributed by atoms with E-state index < -0.39 is 0 Å². The van der Waals surface area contributed by atoms with Gasteiger partial charge in [0.25, 0.3) is 0 Å². The Morgan fingerprint density at radius 3 is 2.74 bits per heavy atom. The molecule has 0 amide bonds. The lowest BCUT2D eigenvalue weighted by Crippen LogP contribution is -2.51. The smallest absolute Gasteiger partial charge is 0.310 e. The van der Waals surface area contributed by atoms with Crippen molar-refractivity contribution in [1.29, 1.82) is 0 Å². The van der Waals surface area contributed by atoms with E-state index in [2.05, 4.69) is 51.8 Å². The molecule has 5 heteroatoms. The standard InChI is InChI=1S/C18H23FINO2/c1-23-18(22)17-15(12-3-5-13(20)6-4-12)11-14-7-8-16(17)21(14)10-2-9-19/h3-6,14-17H,2,7-11H2,1H3/t14?,15-,16?,17?/m1/s1. The Balaban J connectivity index is 1.88. The lowest BCUT2D eigenvalue weighted by atomic mass is 9.76. The molecule has 0 radical (unpaired) electrons. The van der Waals surface area contributed by atoms with Crippen LogP contribution in [0.1, 0.15) is 37.2 Å². The molecule has 2 fully saturated rings. The van der Waals surface area contributed by atoms with Gasteiger partial charge in [-0.2, -0.15) is 0 Å². The Hall–Kier alpha value is -0.690. The van der Waals surface area contributed by atoms with Crippen molar-refractivity contribution in [2.75, 3.05) is 20.3 Å². The van der Waals surface area contributed by atoms with Crippen molar-refractivity contribution in [1.82, 2.24) is 4.90 Å². The van der Waals surface area contributed by atoms with Crippen LogP contribution in [0.15, 0.2) is 24.3 Å². The fraction of sp³-hybridized carbons (Fsp3) is 0.611. The zero-order chi connectivity index (χ0) is 16.4. The van der Waals surface area contributed by atoms with Crippen LogP contribution in [0.5, 0.6) is 0 Å². The Bertz CT molecular complexity index is 550. The van der Waals surface area contributed by atoms with Crippen molar-refractivity contribution in [3.8, 4) is 0 Å². The molecule has 3 rings (SSSR count). The number of hydrogen-bond acceptors (Lipinski definition) is 3. The fourth-order valence-corrected chi connectivity index (χ4v) is 4.77. The molecule has 1 aromatic carbocycles. The van der Waals surface area contributed by atoms with Crippen LogP contribution in [0.4, 0.5) is 4.39 Å². The average molecular weight is 431 g/mol. The largest absolute Gasteiger partial charge is 0.469 e. The summed E-state index contributed by atoms with van der Waals surface area (Å²) in [5.41, 5.74) is 1.22. The summed E-state index contributed by atoms with van der Waals surface area (Å²) in [6, 6.07) is 9.13. The number of alkyl halides is 1. The summed E-state index contributed by atoms with van der Waals surface area (Å²) < 4.78 is 18.9. The van der Waals surface area contributed by atoms with E-state index in [1.165, 1.54) is 16.2 Å². The highest BCUT2D eigenvalue weighted by Crippen LogP contribution is 2.47. The highest BCUT2D eigenvalue weighted by atomic mass is 127. The molecule has 1 aromatic rings. The molecular formula is C18H23FINO2. The number of hydrogen-bond donors (Lipinski definition) is 0. The van der Waals surface area contributed by atoms with E-state index in [0.717, 1.165) is 25.8 Å². The van der Waals surface area contributed by atoms with Gasteiger partial charge in [0, 0.05) is 28.1 Å². The summed E-state index contributed by atoms with van der Waals surface area (Å²) in [5, 5.41) is 0. The average Bonchev–Trinajstić information content (AvgIpc) is 2.84. The van der Waals surface area contributed by atoms with Crippen LogP contribution in [-0.2, 0) is 9.53 Å². The SMILES string of the molecule is COC(=O)C1C2CCC(C[C@@H]1c1ccc(I)cc1)N2CCCF. The number of ether oxygens (including phenoxy) is 1. The van der Waals surface area contributed by atoms with Crippen LogP contribution in [0.2, 0.25) is 0 Å². The van der Waals surface area contributed by atoms with Gasteiger partial charge in [0.05, 0.1) is 19.7 Å². The van der Waals surface area contributed by atoms with Crippen molar-refractivity contribution in [2.24, 2.45) is 5.92 Å². The molecule has 2 saturated heterocycles. The van der Waals surface area contributed by atoms with Gasteiger partial charge in [0.15, 0.2) is 0 Å². The van der Waals surface area contributed by atoms with Crippen molar-refractivity contribution >= 4 is 28.6 Å². The number of carbonyl (C=O) groups excluding carboxylic acids is 1. The number of carbonyl (C=O) groups is 1. The van der Waals surface area contributed by atoms with Gasteiger partial charge in [-0.05, 0) is 66.0 Å². The predicted octanol–water partition coefficient (Wildman–Crippen LogP) is 3.76. The number of benzene rings is 1. The fourth-order valence-electron chi connectivity index (χ4n) is 4.41. The van der Waals surface area contributed by atoms with Gasteiger partial charge in [0.2, 0.25) is 0 Å². The number of piperidine rings is 1. The van der Waals surface area contributed by atoms with E-state index in [4.69, 9.17) is 4.74 Å². The molecule has 2 aliphatic rings. The van der Waals surface area contributed by atoms with Crippen LogP contribution in [0, 0.1) is 9.49 Å². The van der Waals surface area contributed by atoms with E-state index in [1.807, 2.05) is 0 Å². The van der Waals surface area contributed by atoms with E-state index in [0.29, 0.717) is 12.5 Å². The summed E-state index contributed by atoms with van der Waals surface area (Å²) in [6.07, 6.45) is 3.63. The molecule has 2 heterocycles. The molecule has 23 heavy (non-hydrogen) atoms. The maximum absolute atomic E-state index is 12.6. The quantitative estimate of drug-likeness (QED) is 0.526. The second-order valence-corrected chi connectivity index (χ2v) is 7.77. The van der Waals surface area contributed by atoms with Gasteiger partial charge in [-0.1, -0.05) is 12.1 Å². The van der Waals surface area contributed by atoms with Crippen molar-refractivity contribution in [3.05, 3.63) is 33.4 Å². The van der Waals surface area contributed by atoms with E-state index >= 15 is 0 Å². The number of rotatable bonds is 5. The highest BCUT2D eigenvalue weighted by Gasteiger charge is 2.50. The number of nitrogens with zero attached hydrogens (tertiary/aromatic N) is 1. The lowest BCUT2D eigenvalue weighted by Gasteiger charge is -2.43. The van der Waals surface area contributed by atoms with Gasteiger partial charge in [-0.3, -0.25) is 14.1 Å². The second kappa shape index (κ2) is 7.47. The zero-order valence-electron chi connectivity index (χ0n) is 13.4. The summed E-state index contributed by atoms with van der Waals surface area (Å²) in [5.74, 6) is -0.0545. The summed E-state index contributed by atoms with van der Waals surface area (Å²) in [4.78, 5) is 14.9. The maximum Gasteiger partial charge on any atom is 0.310 e. The van der Waals surface area contributed by atoms with Gasteiger partial charge >= 0.3 is 5.97 Å². The molecule has 0 spiro atoms. The van der Waals surface area contributed by atoms with Crippen molar-refractivity contribution in [2.45, 2.75) is 43.7 Å². The number of halogens is 2. The van der Waals surface area contributed by atoms with Gasteiger partial charge < -0.3 is 4.74 Å². The molecule has 0 N–H and O–H groups in total. The first kappa shape index (κ1) is 17.1. The molecule has 0 saturated carbocycles. The topological polar surface area (TPSA) is 29.5 Å². The minimum absolute atomic E-state index is 0.121. The van der Waals surface area contributed by atoms with Crippen LogP contribution < -0.4 is 0 Å². The molecule has 4 atom stereocenters. The Labute approximate surface area is 150 Å².